The second kappa shape index (κ2) is 8.48. The molecule has 0 atom stereocenters. The van der Waals surface area contributed by atoms with Crippen LogP contribution < -0.4 is 4.74 Å². The van der Waals surface area contributed by atoms with E-state index in [1.165, 1.54) is 7.05 Å². The summed E-state index contributed by atoms with van der Waals surface area (Å²) in [6.07, 6.45) is 0. The SMILES string of the molecule is COc1cccc(-c2noc(CN(C)S(=O)(=O)Cc3c(Cl)cccc3Cl)n2)c1. The Labute approximate surface area is 172 Å². The van der Waals surface area contributed by atoms with E-state index in [2.05, 4.69) is 10.1 Å². The number of nitrogens with zero attached hydrogens (tertiary/aromatic N) is 3. The first-order valence-electron chi connectivity index (χ1n) is 8.14. The van der Waals surface area contributed by atoms with Crippen molar-refractivity contribution in [3.05, 3.63) is 64.0 Å². The Morgan fingerprint density at radius 2 is 1.82 bits per heavy atom. The Hall–Kier alpha value is -2.13. The van der Waals surface area contributed by atoms with Crippen LogP contribution in [0.3, 0.4) is 0 Å². The van der Waals surface area contributed by atoms with Gasteiger partial charge in [0.15, 0.2) is 0 Å². The number of sulfonamides is 1. The van der Waals surface area contributed by atoms with Crippen LogP contribution in [-0.4, -0.2) is 37.0 Å². The second-order valence-electron chi connectivity index (χ2n) is 5.96. The van der Waals surface area contributed by atoms with Gasteiger partial charge in [0.1, 0.15) is 5.75 Å². The van der Waals surface area contributed by atoms with Gasteiger partial charge >= 0.3 is 0 Å². The van der Waals surface area contributed by atoms with Crippen molar-refractivity contribution in [2.45, 2.75) is 12.3 Å². The average molecular weight is 442 g/mol. The number of ether oxygens (including phenoxy) is 1. The topological polar surface area (TPSA) is 85.5 Å². The van der Waals surface area contributed by atoms with Crippen LogP contribution in [0.2, 0.25) is 10.0 Å². The second-order valence-corrected chi connectivity index (χ2v) is 8.85. The van der Waals surface area contributed by atoms with Crippen molar-refractivity contribution >= 4 is 33.2 Å². The quantitative estimate of drug-likeness (QED) is 0.550. The molecule has 0 aliphatic carbocycles. The molecule has 0 amide bonds. The molecule has 0 spiro atoms. The number of methoxy groups -OCH3 is 1. The maximum Gasteiger partial charge on any atom is 0.242 e. The predicted octanol–water partition coefficient (Wildman–Crippen LogP) is 4.01. The van der Waals surface area contributed by atoms with Crippen molar-refractivity contribution in [1.29, 1.82) is 0 Å². The van der Waals surface area contributed by atoms with Crippen LogP contribution in [0, 0.1) is 0 Å². The van der Waals surface area contributed by atoms with Crippen molar-refractivity contribution in [2.75, 3.05) is 14.2 Å². The van der Waals surface area contributed by atoms with Gasteiger partial charge in [-0.1, -0.05) is 46.6 Å². The lowest BCUT2D eigenvalue weighted by molar-refractivity contribution is 0.336. The van der Waals surface area contributed by atoms with E-state index in [9.17, 15) is 8.42 Å². The number of halogens is 2. The molecule has 0 aliphatic heterocycles. The van der Waals surface area contributed by atoms with Gasteiger partial charge in [0.2, 0.25) is 21.7 Å². The molecule has 0 fully saturated rings. The van der Waals surface area contributed by atoms with Gasteiger partial charge in [0.05, 0.1) is 19.4 Å². The molecule has 10 heteroatoms. The minimum atomic E-state index is -3.71. The first-order valence-corrected chi connectivity index (χ1v) is 10.5. The van der Waals surface area contributed by atoms with Crippen LogP contribution >= 0.6 is 23.2 Å². The number of hydrogen-bond acceptors (Lipinski definition) is 6. The number of aromatic nitrogens is 2. The van der Waals surface area contributed by atoms with E-state index in [4.69, 9.17) is 32.5 Å². The molecule has 3 aromatic rings. The molecule has 7 nitrogen and oxygen atoms in total. The zero-order valence-electron chi connectivity index (χ0n) is 15.1. The van der Waals surface area contributed by atoms with Gasteiger partial charge in [-0.05, 0) is 24.3 Å². The van der Waals surface area contributed by atoms with Crippen LogP contribution in [0.4, 0.5) is 0 Å². The summed E-state index contributed by atoms with van der Waals surface area (Å²) in [6.45, 7) is -0.0820. The van der Waals surface area contributed by atoms with Gasteiger partial charge in [-0.2, -0.15) is 9.29 Å². The molecule has 0 radical (unpaired) electrons. The summed E-state index contributed by atoms with van der Waals surface area (Å²) in [6, 6.07) is 12.0. The molecule has 3 rings (SSSR count). The Bertz CT molecular complexity index is 1070. The summed E-state index contributed by atoms with van der Waals surface area (Å²) >= 11 is 12.2. The Kier molecular flexibility index (Phi) is 6.24. The van der Waals surface area contributed by atoms with E-state index in [-0.39, 0.29) is 18.2 Å². The highest BCUT2D eigenvalue weighted by molar-refractivity contribution is 7.88. The molecule has 1 aromatic heterocycles. The highest BCUT2D eigenvalue weighted by atomic mass is 35.5. The molecular weight excluding hydrogens is 425 g/mol. The van der Waals surface area contributed by atoms with Gasteiger partial charge in [-0.25, -0.2) is 8.42 Å². The monoisotopic (exact) mass is 441 g/mol. The third-order valence-electron chi connectivity index (χ3n) is 4.02. The lowest BCUT2D eigenvalue weighted by Crippen LogP contribution is -2.28. The fourth-order valence-electron chi connectivity index (χ4n) is 2.45. The van der Waals surface area contributed by atoms with Crippen molar-refractivity contribution in [3.8, 4) is 17.1 Å². The Morgan fingerprint density at radius 3 is 2.50 bits per heavy atom. The summed E-state index contributed by atoms with van der Waals surface area (Å²) in [5.41, 5.74) is 1.04. The fourth-order valence-corrected chi connectivity index (χ4v) is 4.34. The van der Waals surface area contributed by atoms with E-state index in [1.807, 2.05) is 0 Å². The summed E-state index contributed by atoms with van der Waals surface area (Å²) in [7, 11) is -0.718. The smallest absolute Gasteiger partial charge is 0.242 e. The van der Waals surface area contributed by atoms with Gasteiger partial charge in [-0.3, -0.25) is 0 Å². The predicted molar refractivity (Wildman–Crippen MR) is 107 cm³/mol. The zero-order valence-corrected chi connectivity index (χ0v) is 17.4. The zero-order chi connectivity index (χ0) is 20.3. The molecule has 0 bridgehead atoms. The van der Waals surface area contributed by atoms with Gasteiger partial charge in [0, 0.05) is 28.2 Å². The van der Waals surface area contributed by atoms with Crippen LogP contribution in [0.25, 0.3) is 11.4 Å². The van der Waals surface area contributed by atoms with E-state index < -0.39 is 10.0 Å². The summed E-state index contributed by atoms with van der Waals surface area (Å²) in [5, 5.41) is 4.49. The first-order chi connectivity index (χ1) is 13.3. The van der Waals surface area contributed by atoms with Crippen molar-refractivity contribution < 1.29 is 17.7 Å². The van der Waals surface area contributed by atoms with Crippen LogP contribution in [-0.2, 0) is 22.3 Å². The van der Waals surface area contributed by atoms with Crippen molar-refractivity contribution in [2.24, 2.45) is 0 Å². The highest BCUT2D eigenvalue weighted by Gasteiger charge is 2.24. The molecule has 0 aliphatic rings. The largest absolute Gasteiger partial charge is 0.497 e. The number of hydrogen-bond donors (Lipinski definition) is 0. The summed E-state index contributed by atoms with van der Waals surface area (Å²) in [4.78, 5) is 4.26. The third-order valence-corrected chi connectivity index (χ3v) is 6.46. The van der Waals surface area contributed by atoms with Crippen LogP contribution in [0.1, 0.15) is 11.5 Å². The number of rotatable bonds is 7. The molecule has 2 aromatic carbocycles. The lowest BCUT2D eigenvalue weighted by atomic mass is 10.2. The summed E-state index contributed by atoms with van der Waals surface area (Å²) < 4.78 is 36.8. The molecule has 1 heterocycles. The van der Waals surface area contributed by atoms with E-state index >= 15 is 0 Å². The first kappa shape index (κ1) is 20.6. The highest BCUT2D eigenvalue weighted by Crippen LogP contribution is 2.27. The standard InChI is InChI=1S/C18H17Cl2N3O4S/c1-23(28(24,25)11-14-15(19)7-4-8-16(14)20)10-17-21-18(22-27-17)12-5-3-6-13(9-12)26-2/h3-9H,10-11H2,1-2H3. The van der Waals surface area contributed by atoms with Gasteiger partial charge < -0.3 is 9.26 Å². The van der Waals surface area contributed by atoms with E-state index in [0.29, 0.717) is 32.7 Å². The molecule has 148 valence electrons. The van der Waals surface area contributed by atoms with Crippen LogP contribution in [0.5, 0.6) is 5.75 Å². The molecule has 28 heavy (non-hydrogen) atoms. The van der Waals surface area contributed by atoms with Crippen molar-refractivity contribution in [1.82, 2.24) is 14.4 Å². The minimum Gasteiger partial charge on any atom is -0.497 e. The molecule has 0 saturated carbocycles. The molecule has 0 N–H and O–H groups in total. The molecule has 0 unspecified atom stereocenters. The molecule has 0 saturated heterocycles. The van der Waals surface area contributed by atoms with E-state index in [1.54, 1.807) is 49.6 Å². The average Bonchev–Trinajstić information content (AvgIpc) is 3.13. The van der Waals surface area contributed by atoms with Gasteiger partial charge in [-0.15, -0.1) is 0 Å². The minimum absolute atomic E-state index is 0.0820. The normalized spacial score (nSPS) is 11.8. The third kappa shape index (κ3) is 4.64. The summed E-state index contributed by atoms with van der Waals surface area (Å²) in [5.74, 6) is 0.821. The number of benzene rings is 2. The Morgan fingerprint density at radius 1 is 1.14 bits per heavy atom. The Balaban J connectivity index is 1.75. The fraction of sp³-hybridized carbons (Fsp3) is 0.222. The maximum atomic E-state index is 12.7. The van der Waals surface area contributed by atoms with Gasteiger partial charge in [0.25, 0.3) is 0 Å². The lowest BCUT2D eigenvalue weighted by Gasteiger charge is -2.16. The van der Waals surface area contributed by atoms with E-state index in [0.717, 1.165) is 4.31 Å². The molecular formula is C18H17Cl2N3O4S. The van der Waals surface area contributed by atoms with Crippen molar-refractivity contribution in [3.63, 3.8) is 0 Å². The van der Waals surface area contributed by atoms with Crippen LogP contribution in [0.15, 0.2) is 47.0 Å². The maximum absolute atomic E-state index is 12.7.